The molecule has 0 heterocycles. The average Bonchev–Trinajstić information content (AvgIpc) is 2.39. The van der Waals surface area contributed by atoms with Crippen LogP contribution in [0.4, 0.5) is 5.69 Å². The van der Waals surface area contributed by atoms with E-state index in [0.29, 0.717) is 23.6 Å². The van der Waals surface area contributed by atoms with Crippen LogP contribution in [0.1, 0.15) is 36.2 Å². The SMILES string of the molecule is CNC(=O)c1ccc(C)c(NC(=O)[C@@H](N)CC(C)C)c1. The summed E-state index contributed by atoms with van der Waals surface area (Å²) in [5, 5.41) is 5.34. The van der Waals surface area contributed by atoms with Gasteiger partial charge in [-0.3, -0.25) is 9.59 Å². The van der Waals surface area contributed by atoms with Gasteiger partial charge in [-0.25, -0.2) is 0 Å². The normalized spacial score (nSPS) is 12.1. The predicted octanol–water partition coefficient (Wildman–Crippen LogP) is 1.67. The number of nitrogens with one attached hydrogen (secondary N) is 2. The Morgan fingerprint density at radius 2 is 1.95 bits per heavy atom. The van der Waals surface area contributed by atoms with Crippen molar-refractivity contribution in [2.45, 2.75) is 33.2 Å². The highest BCUT2D eigenvalue weighted by Crippen LogP contribution is 2.17. The highest BCUT2D eigenvalue weighted by molar-refractivity contribution is 5.99. The Bertz CT molecular complexity index is 498. The van der Waals surface area contributed by atoms with Crippen LogP contribution in [-0.2, 0) is 4.79 Å². The first-order valence-electron chi connectivity index (χ1n) is 6.74. The van der Waals surface area contributed by atoms with E-state index in [1.54, 1.807) is 25.2 Å². The molecule has 20 heavy (non-hydrogen) atoms. The first kappa shape index (κ1) is 16.2. The molecule has 0 aromatic heterocycles. The Morgan fingerprint density at radius 1 is 1.30 bits per heavy atom. The average molecular weight is 277 g/mol. The fourth-order valence-corrected chi connectivity index (χ4v) is 1.88. The molecule has 4 N–H and O–H groups in total. The van der Waals surface area contributed by atoms with E-state index >= 15 is 0 Å². The van der Waals surface area contributed by atoms with E-state index < -0.39 is 6.04 Å². The minimum atomic E-state index is -0.543. The monoisotopic (exact) mass is 277 g/mol. The number of benzene rings is 1. The molecule has 0 saturated heterocycles. The molecule has 110 valence electrons. The molecule has 1 atom stereocenters. The molecule has 0 bridgehead atoms. The van der Waals surface area contributed by atoms with E-state index in [0.717, 1.165) is 5.56 Å². The van der Waals surface area contributed by atoms with Crippen LogP contribution in [0.3, 0.4) is 0 Å². The maximum absolute atomic E-state index is 12.0. The third-order valence-electron chi connectivity index (χ3n) is 3.05. The van der Waals surface area contributed by atoms with Gasteiger partial charge in [-0.05, 0) is 37.0 Å². The van der Waals surface area contributed by atoms with Crippen LogP contribution in [0.5, 0.6) is 0 Å². The van der Waals surface area contributed by atoms with E-state index in [1.165, 1.54) is 0 Å². The van der Waals surface area contributed by atoms with E-state index in [2.05, 4.69) is 10.6 Å². The summed E-state index contributed by atoms with van der Waals surface area (Å²) in [5.74, 6) is -0.0584. The van der Waals surface area contributed by atoms with Crippen molar-refractivity contribution in [3.63, 3.8) is 0 Å². The van der Waals surface area contributed by atoms with Crippen molar-refractivity contribution in [1.82, 2.24) is 5.32 Å². The highest BCUT2D eigenvalue weighted by Gasteiger charge is 2.16. The van der Waals surface area contributed by atoms with Gasteiger partial charge in [-0.1, -0.05) is 19.9 Å². The standard InChI is InChI=1S/C15H23N3O2/c1-9(2)7-12(16)15(20)18-13-8-11(14(19)17-4)6-5-10(13)3/h5-6,8-9,12H,7,16H2,1-4H3,(H,17,19)(H,18,20)/t12-/m0/s1. The van der Waals surface area contributed by atoms with Crippen molar-refractivity contribution < 1.29 is 9.59 Å². The summed E-state index contributed by atoms with van der Waals surface area (Å²) in [7, 11) is 1.57. The lowest BCUT2D eigenvalue weighted by atomic mass is 10.0. The van der Waals surface area contributed by atoms with Gasteiger partial charge in [0, 0.05) is 18.3 Å². The Hall–Kier alpha value is -1.88. The molecule has 1 rings (SSSR count). The maximum Gasteiger partial charge on any atom is 0.251 e. The van der Waals surface area contributed by atoms with Gasteiger partial charge in [0.05, 0.1) is 6.04 Å². The molecule has 0 aliphatic rings. The van der Waals surface area contributed by atoms with Crippen LogP contribution in [0.25, 0.3) is 0 Å². The number of hydrogen-bond acceptors (Lipinski definition) is 3. The zero-order chi connectivity index (χ0) is 15.3. The molecular weight excluding hydrogens is 254 g/mol. The second-order valence-electron chi connectivity index (χ2n) is 5.33. The molecule has 5 heteroatoms. The van der Waals surface area contributed by atoms with Crippen molar-refractivity contribution in [1.29, 1.82) is 0 Å². The second kappa shape index (κ2) is 7.05. The van der Waals surface area contributed by atoms with Gasteiger partial charge in [-0.2, -0.15) is 0 Å². The molecule has 0 radical (unpaired) electrons. The first-order valence-corrected chi connectivity index (χ1v) is 6.74. The summed E-state index contributed by atoms with van der Waals surface area (Å²) >= 11 is 0. The fraction of sp³-hybridized carbons (Fsp3) is 0.467. The van der Waals surface area contributed by atoms with Crippen molar-refractivity contribution in [3.05, 3.63) is 29.3 Å². The maximum atomic E-state index is 12.0. The van der Waals surface area contributed by atoms with Gasteiger partial charge in [0.25, 0.3) is 5.91 Å². The number of rotatable bonds is 5. The quantitative estimate of drug-likeness (QED) is 0.765. The molecule has 0 saturated carbocycles. The first-order chi connectivity index (χ1) is 9.35. The van der Waals surface area contributed by atoms with E-state index in [4.69, 9.17) is 5.73 Å². The van der Waals surface area contributed by atoms with Crippen molar-refractivity contribution >= 4 is 17.5 Å². The molecule has 0 aliphatic carbocycles. The van der Waals surface area contributed by atoms with Crippen LogP contribution in [0.15, 0.2) is 18.2 Å². The van der Waals surface area contributed by atoms with E-state index in [9.17, 15) is 9.59 Å². The minimum Gasteiger partial charge on any atom is -0.355 e. The molecule has 0 spiro atoms. The van der Waals surface area contributed by atoms with Crippen molar-refractivity contribution in [2.24, 2.45) is 11.7 Å². The zero-order valence-corrected chi connectivity index (χ0v) is 12.5. The van der Waals surface area contributed by atoms with E-state index in [-0.39, 0.29) is 11.8 Å². The van der Waals surface area contributed by atoms with Gasteiger partial charge in [0.2, 0.25) is 5.91 Å². The summed E-state index contributed by atoms with van der Waals surface area (Å²) in [6.45, 7) is 5.91. The fourth-order valence-electron chi connectivity index (χ4n) is 1.88. The van der Waals surface area contributed by atoms with Crippen molar-refractivity contribution in [3.8, 4) is 0 Å². The Balaban J connectivity index is 2.86. The molecule has 2 amide bonds. The lowest BCUT2D eigenvalue weighted by molar-refractivity contribution is -0.117. The Morgan fingerprint density at radius 3 is 2.50 bits per heavy atom. The number of carbonyl (C=O) groups excluding carboxylic acids is 2. The summed E-state index contributed by atoms with van der Waals surface area (Å²) in [6, 6.07) is 4.64. The number of hydrogen-bond donors (Lipinski definition) is 3. The third kappa shape index (κ3) is 4.35. The lowest BCUT2D eigenvalue weighted by Crippen LogP contribution is -2.36. The van der Waals surface area contributed by atoms with Crippen LogP contribution in [0.2, 0.25) is 0 Å². The van der Waals surface area contributed by atoms with Gasteiger partial charge in [-0.15, -0.1) is 0 Å². The molecule has 0 unspecified atom stereocenters. The van der Waals surface area contributed by atoms with Crippen molar-refractivity contribution in [2.75, 3.05) is 12.4 Å². The summed E-state index contributed by atoms with van der Waals surface area (Å²) in [6.07, 6.45) is 0.625. The van der Waals surface area contributed by atoms with Gasteiger partial charge >= 0.3 is 0 Å². The lowest BCUT2D eigenvalue weighted by Gasteiger charge is -2.16. The van der Waals surface area contributed by atoms with Crippen LogP contribution >= 0.6 is 0 Å². The topological polar surface area (TPSA) is 84.2 Å². The summed E-state index contributed by atoms with van der Waals surface area (Å²) < 4.78 is 0. The van der Waals surface area contributed by atoms with Crippen LogP contribution in [0, 0.1) is 12.8 Å². The van der Waals surface area contributed by atoms with Gasteiger partial charge in [0.1, 0.15) is 0 Å². The molecule has 0 aliphatic heterocycles. The summed E-state index contributed by atoms with van der Waals surface area (Å²) in [4.78, 5) is 23.6. The number of carbonyl (C=O) groups is 2. The highest BCUT2D eigenvalue weighted by atomic mass is 16.2. The molecular formula is C15H23N3O2. The minimum absolute atomic E-state index is 0.188. The number of anilines is 1. The van der Waals surface area contributed by atoms with Crippen LogP contribution in [-0.4, -0.2) is 24.9 Å². The predicted molar refractivity (Wildman–Crippen MR) is 80.6 cm³/mol. The Kier molecular flexibility index (Phi) is 5.70. The van der Waals surface area contributed by atoms with Crippen LogP contribution < -0.4 is 16.4 Å². The molecule has 1 aromatic rings. The number of nitrogens with two attached hydrogens (primary N) is 1. The smallest absolute Gasteiger partial charge is 0.251 e. The van der Waals surface area contributed by atoms with Gasteiger partial charge in [0.15, 0.2) is 0 Å². The van der Waals surface area contributed by atoms with E-state index in [1.807, 2.05) is 20.8 Å². The largest absolute Gasteiger partial charge is 0.355 e. The Labute approximate surface area is 119 Å². The number of aryl methyl sites for hydroxylation is 1. The van der Waals surface area contributed by atoms with Gasteiger partial charge < -0.3 is 16.4 Å². The molecule has 5 nitrogen and oxygen atoms in total. The number of amides is 2. The summed E-state index contributed by atoms with van der Waals surface area (Å²) in [5.41, 5.74) is 7.87. The molecule has 0 fully saturated rings. The zero-order valence-electron chi connectivity index (χ0n) is 12.5. The second-order valence-corrected chi connectivity index (χ2v) is 5.33. The molecule has 1 aromatic carbocycles. The third-order valence-corrected chi connectivity index (χ3v) is 3.05.